The van der Waals surface area contributed by atoms with Crippen molar-refractivity contribution in [1.29, 1.82) is 0 Å². The van der Waals surface area contributed by atoms with Gasteiger partial charge in [0.1, 0.15) is 0 Å². The molecule has 1 fully saturated rings. The molecule has 1 aliphatic carbocycles. The normalized spacial score (nSPS) is 23.5. The van der Waals surface area contributed by atoms with Gasteiger partial charge in [-0.15, -0.1) is 0 Å². The highest BCUT2D eigenvalue weighted by Gasteiger charge is 2.14. The summed E-state index contributed by atoms with van der Waals surface area (Å²) < 4.78 is 0. The van der Waals surface area contributed by atoms with Crippen LogP contribution >= 0.6 is 0 Å². The molecule has 1 nitrogen and oxygen atoms in total. The van der Waals surface area contributed by atoms with Gasteiger partial charge in [-0.3, -0.25) is 0 Å². The zero-order valence-electron chi connectivity index (χ0n) is 8.39. The second kappa shape index (κ2) is 5.58. The van der Waals surface area contributed by atoms with Gasteiger partial charge >= 0.3 is 0 Å². The summed E-state index contributed by atoms with van der Waals surface area (Å²) in [7, 11) is 0. The molecule has 1 aliphatic rings. The molecule has 0 amide bonds. The molecular formula is C11H23N. The molecule has 2 N–H and O–H groups in total. The topological polar surface area (TPSA) is 26.0 Å². The molecule has 1 rings (SSSR count). The van der Waals surface area contributed by atoms with E-state index in [0.717, 1.165) is 18.4 Å². The second-order valence-electron chi connectivity index (χ2n) is 4.43. The fourth-order valence-electron chi connectivity index (χ4n) is 2.26. The number of nitrogens with two attached hydrogens (primary N) is 1. The largest absolute Gasteiger partial charge is 0.330 e. The molecule has 1 heteroatoms. The third-order valence-corrected chi connectivity index (χ3v) is 3.11. The molecule has 0 bridgehead atoms. The summed E-state index contributed by atoms with van der Waals surface area (Å²) in [5.41, 5.74) is 5.63. The molecule has 0 aromatic rings. The van der Waals surface area contributed by atoms with Crippen LogP contribution in [0.3, 0.4) is 0 Å². The lowest BCUT2D eigenvalue weighted by atomic mass is 9.90. The Morgan fingerprint density at radius 3 is 2.25 bits per heavy atom. The molecular weight excluding hydrogens is 146 g/mol. The lowest BCUT2D eigenvalue weighted by Crippen LogP contribution is -2.14. The van der Waals surface area contributed by atoms with Crippen molar-refractivity contribution < 1.29 is 0 Å². The Balaban J connectivity index is 2.20. The van der Waals surface area contributed by atoms with Crippen molar-refractivity contribution in [2.24, 2.45) is 17.6 Å². The lowest BCUT2D eigenvalue weighted by Gasteiger charge is -2.17. The molecule has 12 heavy (non-hydrogen) atoms. The van der Waals surface area contributed by atoms with E-state index in [1.165, 1.54) is 44.9 Å². The van der Waals surface area contributed by atoms with E-state index in [0.29, 0.717) is 0 Å². The predicted octanol–water partition coefficient (Wildman–Crippen LogP) is 2.94. The van der Waals surface area contributed by atoms with Crippen LogP contribution < -0.4 is 5.73 Å². The van der Waals surface area contributed by atoms with Crippen molar-refractivity contribution in [3.8, 4) is 0 Å². The van der Waals surface area contributed by atoms with Gasteiger partial charge < -0.3 is 5.73 Å². The first-order valence-electron chi connectivity index (χ1n) is 5.53. The van der Waals surface area contributed by atoms with E-state index in [1.54, 1.807) is 0 Å². The van der Waals surface area contributed by atoms with Crippen LogP contribution in [0.15, 0.2) is 0 Å². The number of rotatable bonds is 3. The summed E-state index contributed by atoms with van der Waals surface area (Å²) in [5, 5.41) is 0. The standard InChI is InChI=1S/C11H23N/c1-10(9-12)8-11-6-4-2-3-5-7-11/h10-11H,2-9,12H2,1H3. The van der Waals surface area contributed by atoms with E-state index >= 15 is 0 Å². The maximum atomic E-state index is 5.63. The van der Waals surface area contributed by atoms with E-state index in [2.05, 4.69) is 6.92 Å². The van der Waals surface area contributed by atoms with Crippen LogP contribution in [0.25, 0.3) is 0 Å². The van der Waals surface area contributed by atoms with Gasteiger partial charge in [0, 0.05) is 0 Å². The molecule has 0 aromatic heterocycles. The van der Waals surface area contributed by atoms with Crippen LogP contribution in [-0.4, -0.2) is 6.54 Å². The summed E-state index contributed by atoms with van der Waals surface area (Å²) in [4.78, 5) is 0. The molecule has 0 spiro atoms. The SMILES string of the molecule is CC(CN)CC1CCCCCC1. The predicted molar refractivity (Wildman–Crippen MR) is 54.0 cm³/mol. The van der Waals surface area contributed by atoms with Crippen LogP contribution in [-0.2, 0) is 0 Å². The highest BCUT2D eigenvalue weighted by atomic mass is 14.5. The third kappa shape index (κ3) is 3.57. The second-order valence-corrected chi connectivity index (χ2v) is 4.43. The van der Waals surface area contributed by atoms with Crippen LogP contribution in [0, 0.1) is 11.8 Å². The average Bonchev–Trinajstić information content (AvgIpc) is 2.33. The van der Waals surface area contributed by atoms with Crippen LogP contribution in [0.5, 0.6) is 0 Å². The van der Waals surface area contributed by atoms with Crippen molar-refractivity contribution in [3.63, 3.8) is 0 Å². The summed E-state index contributed by atoms with van der Waals surface area (Å²) in [6.07, 6.45) is 10.1. The van der Waals surface area contributed by atoms with E-state index in [9.17, 15) is 0 Å². The van der Waals surface area contributed by atoms with E-state index < -0.39 is 0 Å². The van der Waals surface area contributed by atoms with Crippen LogP contribution in [0.4, 0.5) is 0 Å². The molecule has 0 heterocycles. The quantitative estimate of drug-likeness (QED) is 0.646. The van der Waals surface area contributed by atoms with Gasteiger partial charge in [-0.05, 0) is 24.8 Å². The van der Waals surface area contributed by atoms with E-state index in [1.807, 2.05) is 0 Å². The number of hydrogen-bond donors (Lipinski definition) is 1. The van der Waals surface area contributed by atoms with Gasteiger partial charge in [0.25, 0.3) is 0 Å². The first kappa shape index (κ1) is 10.0. The molecule has 1 saturated carbocycles. The molecule has 0 aromatic carbocycles. The van der Waals surface area contributed by atoms with Crippen LogP contribution in [0.2, 0.25) is 0 Å². The lowest BCUT2D eigenvalue weighted by molar-refractivity contribution is 0.359. The third-order valence-electron chi connectivity index (χ3n) is 3.11. The smallest absolute Gasteiger partial charge is 0.00514 e. The first-order chi connectivity index (χ1) is 5.83. The summed E-state index contributed by atoms with van der Waals surface area (Å²) in [6, 6.07) is 0. The zero-order chi connectivity index (χ0) is 8.81. The summed E-state index contributed by atoms with van der Waals surface area (Å²) in [6.45, 7) is 3.15. The van der Waals surface area contributed by atoms with Crippen molar-refractivity contribution in [2.45, 2.75) is 51.9 Å². The van der Waals surface area contributed by atoms with Crippen molar-refractivity contribution in [1.82, 2.24) is 0 Å². The van der Waals surface area contributed by atoms with Gasteiger partial charge in [0.05, 0.1) is 0 Å². The highest BCUT2D eigenvalue weighted by Crippen LogP contribution is 2.27. The first-order valence-corrected chi connectivity index (χ1v) is 5.53. The summed E-state index contributed by atoms with van der Waals surface area (Å²) >= 11 is 0. The van der Waals surface area contributed by atoms with Gasteiger partial charge in [-0.1, -0.05) is 45.4 Å². The summed E-state index contributed by atoms with van der Waals surface area (Å²) in [5.74, 6) is 1.74. The van der Waals surface area contributed by atoms with Gasteiger partial charge in [-0.2, -0.15) is 0 Å². The average molecular weight is 169 g/mol. The Morgan fingerprint density at radius 2 is 1.75 bits per heavy atom. The van der Waals surface area contributed by atoms with Gasteiger partial charge in [0.15, 0.2) is 0 Å². The maximum Gasteiger partial charge on any atom is -0.00514 e. The fourth-order valence-corrected chi connectivity index (χ4v) is 2.26. The Labute approximate surface area is 76.7 Å². The zero-order valence-corrected chi connectivity index (χ0v) is 8.39. The monoisotopic (exact) mass is 169 g/mol. The molecule has 0 radical (unpaired) electrons. The highest BCUT2D eigenvalue weighted by molar-refractivity contribution is 4.67. The van der Waals surface area contributed by atoms with E-state index in [-0.39, 0.29) is 0 Å². The molecule has 1 unspecified atom stereocenters. The van der Waals surface area contributed by atoms with Gasteiger partial charge in [-0.25, -0.2) is 0 Å². The minimum Gasteiger partial charge on any atom is -0.330 e. The Kier molecular flexibility index (Phi) is 4.67. The Morgan fingerprint density at radius 1 is 1.17 bits per heavy atom. The Bertz CT molecular complexity index is 104. The van der Waals surface area contributed by atoms with Crippen LogP contribution in [0.1, 0.15) is 51.9 Å². The fraction of sp³-hybridized carbons (Fsp3) is 1.00. The molecule has 72 valence electrons. The molecule has 1 atom stereocenters. The maximum absolute atomic E-state index is 5.63. The molecule has 0 saturated heterocycles. The van der Waals surface area contributed by atoms with E-state index in [4.69, 9.17) is 5.73 Å². The number of hydrogen-bond acceptors (Lipinski definition) is 1. The van der Waals surface area contributed by atoms with Crippen molar-refractivity contribution in [3.05, 3.63) is 0 Å². The van der Waals surface area contributed by atoms with Crippen molar-refractivity contribution in [2.75, 3.05) is 6.54 Å². The van der Waals surface area contributed by atoms with Crippen molar-refractivity contribution >= 4 is 0 Å². The van der Waals surface area contributed by atoms with Gasteiger partial charge in [0.2, 0.25) is 0 Å². The molecule has 0 aliphatic heterocycles. The minimum atomic E-state index is 0.744. The minimum absolute atomic E-state index is 0.744. The Hall–Kier alpha value is -0.0400.